The lowest BCUT2D eigenvalue weighted by Crippen LogP contribution is -2.32. The highest BCUT2D eigenvalue weighted by Crippen LogP contribution is 2.10. The SMILES string of the molecule is CC(Cc1ccccc1)NC(C)c1nncn1C. The van der Waals surface area contributed by atoms with Crippen molar-refractivity contribution in [1.29, 1.82) is 0 Å². The summed E-state index contributed by atoms with van der Waals surface area (Å²) in [4.78, 5) is 0. The van der Waals surface area contributed by atoms with Crippen LogP contribution in [0.1, 0.15) is 31.3 Å². The zero-order valence-corrected chi connectivity index (χ0v) is 11.2. The van der Waals surface area contributed by atoms with Gasteiger partial charge in [0.25, 0.3) is 0 Å². The summed E-state index contributed by atoms with van der Waals surface area (Å²) in [5, 5.41) is 11.6. The summed E-state index contributed by atoms with van der Waals surface area (Å²) >= 11 is 0. The van der Waals surface area contributed by atoms with E-state index < -0.39 is 0 Å². The Bertz CT molecular complexity index is 478. The molecule has 0 radical (unpaired) electrons. The fourth-order valence-corrected chi connectivity index (χ4v) is 2.21. The van der Waals surface area contributed by atoms with Crippen molar-refractivity contribution in [3.63, 3.8) is 0 Å². The van der Waals surface area contributed by atoms with Gasteiger partial charge in [-0.3, -0.25) is 0 Å². The standard InChI is InChI=1S/C14H20N4/c1-11(9-13-7-5-4-6-8-13)16-12(2)14-17-15-10-18(14)3/h4-8,10-12,16H,9H2,1-3H3. The molecule has 0 fully saturated rings. The molecule has 0 saturated heterocycles. The van der Waals surface area contributed by atoms with Crippen LogP contribution >= 0.6 is 0 Å². The second kappa shape index (κ2) is 5.78. The summed E-state index contributed by atoms with van der Waals surface area (Å²) in [6.45, 7) is 4.31. The molecule has 1 aromatic carbocycles. The minimum Gasteiger partial charge on any atom is -0.319 e. The lowest BCUT2D eigenvalue weighted by molar-refractivity contribution is 0.452. The number of aromatic nitrogens is 3. The largest absolute Gasteiger partial charge is 0.319 e. The highest BCUT2D eigenvalue weighted by Gasteiger charge is 2.13. The first-order chi connectivity index (χ1) is 8.66. The van der Waals surface area contributed by atoms with Gasteiger partial charge in [0.15, 0.2) is 0 Å². The molecule has 18 heavy (non-hydrogen) atoms. The van der Waals surface area contributed by atoms with Crippen molar-refractivity contribution in [2.45, 2.75) is 32.4 Å². The van der Waals surface area contributed by atoms with Gasteiger partial charge in [-0.2, -0.15) is 0 Å². The van der Waals surface area contributed by atoms with Crippen LogP contribution < -0.4 is 5.32 Å². The van der Waals surface area contributed by atoms with E-state index in [1.807, 2.05) is 17.7 Å². The van der Waals surface area contributed by atoms with Gasteiger partial charge in [0.05, 0.1) is 6.04 Å². The lowest BCUT2D eigenvalue weighted by atomic mass is 10.1. The minimum atomic E-state index is 0.205. The van der Waals surface area contributed by atoms with Crippen LogP contribution in [0.3, 0.4) is 0 Å². The van der Waals surface area contributed by atoms with Gasteiger partial charge < -0.3 is 9.88 Å². The highest BCUT2D eigenvalue weighted by atomic mass is 15.3. The summed E-state index contributed by atoms with van der Waals surface area (Å²) in [5.41, 5.74) is 1.35. The van der Waals surface area contributed by atoms with E-state index in [9.17, 15) is 0 Å². The number of aryl methyl sites for hydroxylation is 1. The average molecular weight is 244 g/mol. The maximum Gasteiger partial charge on any atom is 0.149 e. The van der Waals surface area contributed by atoms with Crippen molar-refractivity contribution in [3.05, 3.63) is 48.0 Å². The lowest BCUT2D eigenvalue weighted by Gasteiger charge is -2.19. The Kier molecular flexibility index (Phi) is 4.10. The Labute approximate surface area is 108 Å². The fraction of sp³-hybridized carbons (Fsp3) is 0.429. The molecule has 0 amide bonds. The molecule has 0 aliphatic rings. The predicted octanol–water partition coefficient (Wildman–Crippen LogP) is 2.10. The van der Waals surface area contributed by atoms with Gasteiger partial charge >= 0.3 is 0 Å². The molecule has 0 spiro atoms. The first kappa shape index (κ1) is 12.8. The normalized spacial score (nSPS) is 14.4. The molecule has 96 valence electrons. The zero-order valence-electron chi connectivity index (χ0n) is 11.2. The zero-order chi connectivity index (χ0) is 13.0. The molecule has 2 aromatic rings. The van der Waals surface area contributed by atoms with Crippen molar-refractivity contribution >= 4 is 0 Å². The Morgan fingerprint density at radius 2 is 1.94 bits per heavy atom. The van der Waals surface area contributed by atoms with E-state index in [4.69, 9.17) is 0 Å². The van der Waals surface area contributed by atoms with Crippen molar-refractivity contribution < 1.29 is 0 Å². The Balaban J connectivity index is 1.92. The van der Waals surface area contributed by atoms with Crippen LogP contribution in [0.4, 0.5) is 0 Å². The molecule has 1 N–H and O–H groups in total. The van der Waals surface area contributed by atoms with Gasteiger partial charge in [-0.15, -0.1) is 10.2 Å². The van der Waals surface area contributed by atoms with E-state index in [2.05, 4.69) is 53.6 Å². The van der Waals surface area contributed by atoms with E-state index in [1.165, 1.54) is 5.56 Å². The van der Waals surface area contributed by atoms with Crippen LogP contribution in [-0.4, -0.2) is 20.8 Å². The van der Waals surface area contributed by atoms with E-state index in [0.29, 0.717) is 6.04 Å². The number of hydrogen-bond donors (Lipinski definition) is 1. The third-order valence-corrected chi connectivity index (χ3v) is 3.05. The summed E-state index contributed by atoms with van der Waals surface area (Å²) in [7, 11) is 1.97. The molecule has 1 aromatic heterocycles. The third-order valence-electron chi connectivity index (χ3n) is 3.05. The van der Waals surface area contributed by atoms with Gasteiger partial charge in [0.1, 0.15) is 12.2 Å². The average Bonchev–Trinajstić information content (AvgIpc) is 2.76. The van der Waals surface area contributed by atoms with E-state index in [-0.39, 0.29) is 6.04 Å². The molecule has 2 atom stereocenters. The Hall–Kier alpha value is -1.68. The van der Waals surface area contributed by atoms with Crippen LogP contribution in [0, 0.1) is 0 Å². The third kappa shape index (κ3) is 3.17. The molecule has 0 aliphatic heterocycles. The van der Waals surface area contributed by atoms with Gasteiger partial charge in [-0.25, -0.2) is 0 Å². The van der Waals surface area contributed by atoms with Crippen LogP contribution in [0.25, 0.3) is 0 Å². The molecule has 1 heterocycles. The molecule has 0 aliphatic carbocycles. The summed E-state index contributed by atoms with van der Waals surface area (Å²) in [5.74, 6) is 0.968. The number of hydrogen-bond acceptors (Lipinski definition) is 3. The number of rotatable bonds is 5. The Morgan fingerprint density at radius 3 is 2.56 bits per heavy atom. The van der Waals surface area contributed by atoms with Crippen molar-refractivity contribution in [2.75, 3.05) is 0 Å². The first-order valence-corrected chi connectivity index (χ1v) is 6.30. The van der Waals surface area contributed by atoms with Gasteiger partial charge in [-0.1, -0.05) is 30.3 Å². The summed E-state index contributed by atoms with van der Waals surface area (Å²) in [6.07, 6.45) is 2.75. The van der Waals surface area contributed by atoms with Gasteiger partial charge in [-0.05, 0) is 25.8 Å². The molecule has 2 unspecified atom stereocenters. The number of nitrogens with zero attached hydrogens (tertiary/aromatic N) is 3. The highest BCUT2D eigenvalue weighted by molar-refractivity contribution is 5.15. The van der Waals surface area contributed by atoms with Crippen molar-refractivity contribution in [2.24, 2.45) is 7.05 Å². The van der Waals surface area contributed by atoms with Crippen molar-refractivity contribution in [3.8, 4) is 0 Å². The van der Waals surface area contributed by atoms with Crippen molar-refractivity contribution in [1.82, 2.24) is 20.1 Å². The Morgan fingerprint density at radius 1 is 1.22 bits per heavy atom. The quantitative estimate of drug-likeness (QED) is 0.876. The first-order valence-electron chi connectivity index (χ1n) is 6.30. The maximum absolute atomic E-state index is 4.13. The van der Waals surface area contributed by atoms with E-state index in [1.54, 1.807) is 6.33 Å². The molecule has 4 nitrogen and oxygen atoms in total. The maximum atomic E-state index is 4.13. The molecular formula is C14H20N4. The molecule has 0 bridgehead atoms. The van der Waals surface area contributed by atoms with Crippen LogP contribution in [0.2, 0.25) is 0 Å². The van der Waals surface area contributed by atoms with E-state index >= 15 is 0 Å². The monoisotopic (exact) mass is 244 g/mol. The second-order valence-electron chi connectivity index (χ2n) is 4.78. The van der Waals surface area contributed by atoms with Crippen LogP contribution in [0.5, 0.6) is 0 Å². The van der Waals surface area contributed by atoms with E-state index in [0.717, 1.165) is 12.2 Å². The number of nitrogens with one attached hydrogen (secondary N) is 1. The minimum absolute atomic E-state index is 0.205. The molecule has 4 heteroatoms. The molecule has 0 saturated carbocycles. The van der Waals surface area contributed by atoms with Gasteiger partial charge in [0, 0.05) is 13.1 Å². The number of benzene rings is 1. The summed E-state index contributed by atoms with van der Waals surface area (Å²) < 4.78 is 1.95. The smallest absolute Gasteiger partial charge is 0.149 e. The second-order valence-corrected chi connectivity index (χ2v) is 4.78. The molecular weight excluding hydrogens is 224 g/mol. The molecule has 2 rings (SSSR count). The van der Waals surface area contributed by atoms with Crippen LogP contribution in [0.15, 0.2) is 36.7 Å². The fourth-order valence-electron chi connectivity index (χ4n) is 2.21. The predicted molar refractivity (Wildman–Crippen MR) is 72.2 cm³/mol. The van der Waals surface area contributed by atoms with Crippen LogP contribution in [-0.2, 0) is 13.5 Å². The topological polar surface area (TPSA) is 42.7 Å². The van der Waals surface area contributed by atoms with Gasteiger partial charge in [0.2, 0.25) is 0 Å². The summed E-state index contributed by atoms with van der Waals surface area (Å²) in [6, 6.07) is 11.1.